The van der Waals surface area contributed by atoms with E-state index in [2.05, 4.69) is 5.32 Å². The van der Waals surface area contributed by atoms with Gasteiger partial charge in [-0.05, 0) is 43.9 Å². The van der Waals surface area contributed by atoms with E-state index in [9.17, 15) is 13.6 Å². The van der Waals surface area contributed by atoms with Crippen molar-refractivity contribution in [2.75, 3.05) is 31.6 Å². The van der Waals surface area contributed by atoms with Gasteiger partial charge >= 0.3 is 0 Å². The minimum atomic E-state index is -0.978. The zero-order valence-electron chi connectivity index (χ0n) is 11.8. The molecule has 4 nitrogen and oxygen atoms in total. The fraction of sp³-hybridized carbons (Fsp3) is 0.533. The molecule has 1 aromatic rings. The molecule has 0 radical (unpaired) electrons. The number of nitrogens with one attached hydrogen (secondary N) is 1. The Balaban J connectivity index is 1.84. The molecule has 116 valence electrons. The van der Waals surface area contributed by atoms with Crippen molar-refractivity contribution in [1.29, 1.82) is 0 Å². The van der Waals surface area contributed by atoms with Gasteiger partial charge in [0.25, 0.3) is 0 Å². The molecule has 1 aromatic carbocycles. The molecule has 0 bridgehead atoms. The molecular weight excluding hydrogens is 278 g/mol. The molecule has 1 unspecified atom stereocenters. The Morgan fingerprint density at radius 1 is 1.38 bits per heavy atom. The standard InChI is InChI=1S/C15H20F2N2O2/c16-13-4-3-12(8-14(13)17)18-15(21)10-19-6-1-2-11(9-19)5-7-20/h3-4,8,11,20H,1-2,5-7,9-10H2,(H,18,21). The highest BCUT2D eigenvalue weighted by Gasteiger charge is 2.21. The van der Waals surface area contributed by atoms with Crippen LogP contribution in [0, 0.1) is 17.6 Å². The average Bonchev–Trinajstić information content (AvgIpc) is 2.43. The van der Waals surface area contributed by atoms with Gasteiger partial charge < -0.3 is 10.4 Å². The van der Waals surface area contributed by atoms with Crippen LogP contribution in [0.1, 0.15) is 19.3 Å². The van der Waals surface area contributed by atoms with E-state index in [0.717, 1.165) is 44.5 Å². The Hall–Kier alpha value is -1.53. The predicted molar refractivity (Wildman–Crippen MR) is 75.9 cm³/mol. The van der Waals surface area contributed by atoms with E-state index in [1.54, 1.807) is 0 Å². The van der Waals surface area contributed by atoms with Gasteiger partial charge in [-0.3, -0.25) is 9.69 Å². The van der Waals surface area contributed by atoms with Crippen molar-refractivity contribution in [3.05, 3.63) is 29.8 Å². The van der Waals surface area contributed by atoms with Gasteiger partial charge in [0.2, 0.25) is 5.91 Å². The molecule has 2 rings (SSSR count). The van der Waals surface area contributed by atoms with E-state index < -0.39 is 11.6 Å². The van der Waals surface area contributed by atoms with Crippen LogP contribution in [0.3, 0.4) is 0 Å². The molecule has 1 aliphatic rings. The second kappa shape index (κ2) is 7.47. The number of carbonyl (C=O) groups is 1. The number of hydrogen-bond donors (Lipinski definition) is 2. The number of benzene rings is 1. The summed E-state index contributed by atoms with van der Waals surface area (Å²) in [7, 11) is 0. The summed E-state index contributed by atoms with van der Waals surface area (Å²) in [6.45, 7) is 2.01. The van der Waals surface area contributed by atoms with Crippen molar-refractivity contribution in [1.82, 2.24) is 4.90 Å². The number of piperidine rings is 1. The summed E-state index contributed by atoms with van der Waals surface area (Å²) in [6.07, 6.45) is 2.83. The molecule has 1 atom stereocenters. The second-order valence-electron chi connectivity index (χ2n) is 5.43. The molecule has 1 saturated heterocycles. The van der Waals surface area contributed by atoms with Crippen LogP contribution >= 0.6 is 0 Å². The van der Waals surface area contributed by atoms with Crippen LogP contribution < -0.4 is 5.32 Å². The smallest absolute Gasteiger partial charge is 0.238 e. The minimum Gasteiger partial charge on any atom is -0.396 e. The first-order valence-electron chi connectivity index (χ1n) is 7.16. The first-order valence-corrected chi connectivity index (χ1v) is 7.16. The van der Waals surface area contributed by atoms with Crippen molar-refractivity contribution < 1.29 is 18.7 Å². The van der Waals surface area contributed by atoms with E-state index in [1.165, 1.54) is 6.07 Å². The van der Waals surface area contributed by atoms with E-state index in [0.29, 0.717) is 5.92 Å². The molecule has 1 aliphatic heterocycles. The molecule has 0 aliphatic carbocycles. The number of carbonyl (C=O) groups excluding carboxylic acids is 1. The Morgan fingerprint density at radius 3 is 2.90 bits per heavy atom. The molecule has 21 heavy (non-hydrogen) atoms. The summed E-state index contributed by atoms with van der Waals surface area (Å²) in [5.41, 5.74) is 0.253. The molecule has 0 saturated carbocycles. The second-order valence-corrected chi connectivity index (χ2v) is 5.43. The summed E-state index contributed by atoms with van der Waals surface area (Å²) in [4.78, 5) is 13.9. The Morgan fingerprint density at radius 2 is 2.19 bits per heavy atom. The Kier molecular flexibility index (Phi) is 5.64. The summed E-state index contributed by atoms with van der Waals surface area (Å²) >= 11 is 0. The fourth-order valence-corrected chi connectivity index (χ4v) is 2.69. The number of nitrogens with zero attached hydrogens (tertiary/aromatic N) is 1. The summed E-state index contributed by atoms with van der Waals surface area (Å²) < 4.78 is 25.9. The van der Waals surface area contributed by atoms with Gasteiger partial charge in [-0.25, -0.2) is 8.78 Å². The van der Waals surface area contributed by atoms with Crippen LogP contribution in [0.4, 0.5) is 14.5 Å². The number of likely N-dealkylation sites (tertiary alicyclic amines) is 1. The number of anilines is 1. The monoisotopic (exact) mass is 298 g/mol. The van der Waals surface area contributed by atoms with E-state index in [-0.39, 0.29) is 24.7 Å². The molecule has 1 amide bonds. The van der Waals surface area contributed by atoms with Gasteiger partial charge in [-0.1, -0.05) is 0 Å². The van der Waals surface area contributed by atoms with Gasteiger partial charge in [-0.2, -0.15) is 0 Å². The van der Waals surface area contributed by atoms with E-state index >= 15 is 0 Å². The Bertz CT molecular complexity index is 495. The summed E-state index contributed by atoms with van der Waals surface area (Å²) in [6, 6.07) is 3.29. The van der Waals surface area contributed by atoms with E-state index in [1.807, 2.05) is 4.90 Å². The van der Waals surface area contributed by atoms with Crippen molar-refractivity contribution in [3.63, 3.8) is 0 Å². The number of halogens is 2. The van der Waals surface area contributed by atoms with Gasteiger partial charge in [0, 0.05) is 24.9 Å². The summed E-state index contributed by atoms with van der Waals surface area (Å²) in [5.74, 6) is -1.74. The van der Waals surface area contributed by atoms with Crippen LogP contribution in [0.25, 0.3) is 0 Å². The lowest BCUT2D eigenvalue weighted by atomic mass is 9.95. The lowest BCUT2D eigenvalue weighted by Gasteiger charge is -2.31. The van der Waals surface area contributed by atoms with Gasteiger partial charge in [0.05, 0.1) is 6.54 Å². The molecule has 1 heterocycles. The number of hydrogen-bond acceptors (Lipinski definition) is 3. The SMILES string of the molecule is O=C(CN1CCCC(CCO)C1)Nc1ccc(F)c(F)c1. The average molecular weight is 298 g/mol. The Labute approximate surface area is 122 Å². The van der Waals surface area contributed by atoms with Crippen LogP contribution in [0.2, 0.25) is 0 Å². The molecular formula is C15H20F2N2O2. The number of aliphatic hydroxyl groups is 1. The predicted octanol–water partition coefficient (Wildman–Crippen LogP) is 2.00. The van der Waals surface area contributed by atoms with Crippen molar-refractivity contribution in [3.8, 4) is 0 Å². The number of aliphatic hydroxyl groups excluding tert-OH is 1. The molecule has 6 heteroatoms. The third-order valence-corrected chi connectivity index (χ3v) is 3.71. The molecule has 1 fully saturated rings. The van der Waals surface area contributed by atoms with Crippen LogP contribution in [0.15, 0.2) is 18.2 Å². The maximum atomic E-state index is 13.1. The third kappa shape index (κ3) is 4.75. The van der Waals surface area contributed by atoms with Crippen molar-refractivity contribution in [2.24, 2.45) is 5.92 Å². The first-order chi connectivity index (χ1) is 10.1. The molecule has 2 N–H and O–H groups in total. The number of rotatable bonds is 5. The largest absolute Gasteiger partial charge is 0.396 e. The zero-order chi connectivity index (χ0) is 15.2. The van der Waals surface area contributed by atoms with Crippen molar-refractivity contribution in [2.45, 2.75) is 19.3 Å². The summed E-state index contributed by atoms with van der Waals surface area (Å²) in [5, 5.41) is 11.5. The highest BCUT2D eigenvalue weighted by Crippen LogP contribution is 2.19. The van der Waals surface area contributed by atoms with Crippen LogP contribution in [0.5, 0.6) is 0 Å². The lowest BCUT2D eigenvalue weighted by Crippen LogP contribution is -2.40. The maximum absolute atomic E-state index is 13.1. The minimum absolute atomic E-state index is 0.166. The van der Waals surface area contributed by atoms with Crippen LogP contribution in [-0.2, 0) is 4.79 Å². The highest BCUT2D eigenvalue weighted by atomic mass is 19.2. The van der Waals surface area contributed by atoms with Crippen LogP contribution in [-0.4, -0.2) is 42.2 Å². The van der Waals surface area contributed by atoms with Gasteiger partial charge in [-0.15, -0.1) is 0 Å². The van der Waals surface area contributed by atoms with E-state index in [4.69, 9.17) is 5.11 Å². The number of amides is 1. The first kappa shape index (κ1) is 15.9. The van der Waals surface area contributed by atoms with Crippen molar-refractivity contribution >= 4 is 11.6 Å². The lowest BCUT2D eigenvalue weighted by molar-refractivity contribution is -0.117. The topological polar surface area (TPSA) is 52.6 Å². The maximum Gasteiger partial charge on any atom is 0.238 e. The van der Waals surface area contributed by atoms with Gasteiger partial charge in [0.1, 0.15) is 0 Å². The molecule has 0 aromatic heterocycles. The quantitative estimate of drug-likeness (QED) is 0.874. The van der Waals surface area contributed by atoms with Gasteiger partial charge in [0.15, 0.2) is 11.6 Å². The fourth-order valence-electron chi connectivity index (χ4n) is 2.69. The third-order valence-electron chi connectivity index (χ3n) is 3.71. The molecule has 0 spiro atoms. The normalized spacial score (nSPS) is 19.5. The zero-order valence-corrected chi connectivity index (χ0v) is 11.8. The highest BCUT2D eigenvalue weighted by molar-refractivity contribution is 5.92.